The Kier molecular flexibility index (Phi) is 44.5. The van der Waals surface area contributed by atoms with Gasteiger partial charge >= 0.3 is 7.82 Å². The summed E-state index contributed by atoms with van der Waals surface area (Å²) in [5, 5.41) is 13.9. The Balaban J connectivity index is 4.34. The van der Waals surface area contributed by atoms with Crippen LogP contribution in [-0.2, 0) is 18.4 Å². The number of hydrogen-bond acceptors (Lipinski definition) is 5. The average Bonchev–Trinajstić information content (AvgIpc) is 3.24. The van der Waals surface area contributed by atoms with Gasteiger partial charge in [0.25, 0.3) is 0 Å². The monoisotopic (exact) mass is 908 g/mol. The van der Waals surface area contributed by atoms with Gasteiger partial charge in [0.2, 0.25) is 5.91 Å². The molecule has 0 radical (unpaired) electrons. The summed E-state index contributed by atoms with van der Waals surface area (Å²) in [6.45, 7) is 4.78. The Bertz CT molecular complexity index is 1170. The van der Waals surface area contributed by atoms with E-state index in [1.54, 1.807) is 6.08 Å². The second-order valence-corrected chi connectivity index (χ2v) is 20.7. The van der Waals surface area contributed by atoms with Crippen LogP contribution in [0.25, 0.3) is 0 Å². The summed E-state index contributed by atoms with van der Waals surface area (Å²) in [4.78, 5) is 23.2. The molecule has 63 heavy (non-hydrogen) atoms. The molecule has 0 fully saturated rings. The Morgan fingerprint density at radius 3 is 1.40 bits per heavy atom. The molecule has 370 valence electrons. The van der Waals surface area contributed by atoms with Gasteiger partial charge in [-0.3, -0.25) is 13.8 Å². The van der Waals surface area contributed by atoms with Crippen molar-refractivity contribution in [2.75, 3.05) is 40.9 Å². The van der Waals surface area contributed by atoms with Crippen LogP contribution >= 0.6 is 7.82 Å². The Morgan fingerprint density at radius 1 is 0.540 bits per heavy atom. The number of carbonyl (C=O) groups excluding carboxylic acids is 1. The topological polar surface area (TPSA) is 105 Å². The van der Waals surface area contributed by atoms with Gasteiger partial charge in [0.15, 0.2) is 0 Å². The first kappa shape index (κ1) is 61.5. The lowest BCUT2D eigenvalue weighted by molar-refractivity contribution is -0.870. The van der Waals surface area contributed by atoms with Gasteiger partial charge in [0, 0.05) is 6.42 Å². The van der Waals surface area contributed by atoms with E-state index in [-0.39, 0.29) is 19.1 Å². The van der Waals surface area contributed by atoms with E-state index in [1.807, 2.05) is 27.2 Å². The number of phosphoric ester groups is 1. The maximum Gasteiger partial charge on any atom is 0.472 e. The van der Waals surface area contributed by atoms with E-state index in [0.717, 1.165) is 38.5 Å². The van der Waals surface area contributed by atoms with E-state index < -0.39 is 20.0 Å². The normalized spacial score (nSPS) is 14.5. The largest absolute Gasteiger partial charge is 0.472 e. The van der Waals surface area contributed by atoms with Crippen LogP contribution in [0.2, 0.25) is 0 Å². The van der Waals surface area contributed by atoms with Crippen LogP contribution < -0.4 is 5.32 Å². The number of aliphatic hydroxyl groups excluding tert-OH is 1. The van der Waals surface area contributed by atoms with Crippen molar-refractivity contribution in [2.45, 2.75) is 251 Å². The van der Waals surface area contributed by atoms with Crippen LogP contribution in [0.1, 0.15) is 239 Å². The van der Waals surface area contributed by atoms with Gasteiger partial charge in [0.05, 0.1) is 39.9 Å². The molecule has 1 amide bonds. The molecule has 9 heteroatoms. The number of phosphoric acid groups is 1. The van der Waals surface area contributed by atoms with Crippen LogP contribution in [0.15, 0.2) is 48.6 Å². The van der Waals surface area contributed by atoms with Crippen LogP contribution in [0.4, 0.5) is 0 Å². The van der Waals surface area contributed by atoms with Crippen molar-refractivity contribution in [3.05, 3.63) is 48.6 Å². The molecular formula is C54H104N2O6P+. The van der Waals surface area contributed by atoms with Crippen LogP contribution in [0, 0.1) is 0 Å². The number of amides is 1. The Morgan fingerprint density at radius 2 is 0.921 bits per heavy atom. The van der Waals surface area contributed by atoms with E-state index in [2.05, 4.69) is 55.6 Å². The summed E-state index contributed by atoms with van der Waals surface area (Å²) in [6, 6.07) is -0.866. The molecule has 0 aliphatic heterocycles. The fraction of sp³-hybridized carbons (Fsp3) is 0.833. The highest BCUT2D eigenvalue weighted by molar-refractivity contribution is 7.47. The molecule has 0 bridgehead atoms. The number of carbonyl (C=O) groups is 1. The molecular weight excluding hydrogens is 804 g/mol. The first-order valence-corrected chi connectivity index (χ1v) is 28.0. The number of likely N-dealkylation sites (N-methyl/N-ethyl adjacent to an activating group) is 1. The number of nitrogens with one attached hydrogen (secondary N) is 1. The number of hydrogen-bond donors (Lipinski definition) is 3. The van der Waals surface area contributed by atoms with Crippen molar-refractivity contribution in [1.29, 1.82) is 0 Å². The molecule has 0 aromatic heterocycles. The van der Waals surface area contributed by atoms with E-state index in [0.29, 0.717) is 17.4 Å². The van der Waals surface area contributed by atoms with Crippen LogP contribution in [0.5, 0.6) is 0 Å². The zero-order chi connectivity index (χ0) is 46.4. The molecule has 0 saturated heterocycles. The predicted molar refractivity (Wildman–Crippen MR) is 272 cm³/mol. The molecule has 0 aliphatic carbocycles. The summed E-state index contributed by atoms with van der Waals surface area (Å²) in [5.41, 5.74) is 0. The van der Waals surface area contributed by atoms with Gasteiger partial charge < -0.3 is 19.8 Å². The van der Waals surface area contributed by atoms with Gasteiger partial charge in [-0.2, -0.15) is 0 Å². The third kappa shape index (κ3) is 48.2. The number of nitrogens with zero attached hydrogens (tertiary/aromatic N) is 1. The zero-order valence-corrected chi connectivity index (χ0v) is 43.0. The maximum atomic E-state index is 12.9. The first-order chi connectivity index (χ1) is 30.5. The molecule has 3 unspecified atom stereocenters. The molecule has 3 atom stereocenters. The second-order valence-electron chi connectivity index (χ2n) is 19.3. The summed E-state index contributed by atoms with van der Waals surface area (Å²) in [7, 11) is 1.55. The van der Waals surface area contributed by atoms with E-state index in [4.69, 9.17) is 9.05 Å². The van der Waals surface area contributed by atoms with Gasteiger partial charge in [0.1, 0.15) is 13.2 Å². The number of quaternary nitrogens is 1. The lowest BCUT2D eigenvalue weighted by atomic mass is 10.0. The molecule has 0 spiro atoms. The average molecular weight is 908 g/mol. The zero-order valence-electron chi connectivity index (χ0n) is 42.1. The van der Waals surface area contributed by atoms with Gasteiger partial charge in [-0.25, -0.2) is 4.57 Å². The first-order valence-electron chi connectivity index (χ1n) is 26.5. The molecule has 3 N–H and O–H groups in total. The van der Waals surface area contributed by atoms with E-state index in [1.165, 1.54) is 180 Å². The van der Waals surface area contributed by atoms with Gasteiger partial charge in [-0.1, -0.05) is 223 Å². The minimum Gasteiger partial charge on any atom is -0.387 e. The second kappa shape index (κ2) is 45.6. The highest BCUT2D eigenvalue weighted by Gasteiger charge is 2.27. The van der Waals surface area contributed by atoms with Crippen molar-refractivity contribution in [2.24, 2.45) is 0 Å². The van der Waals surface area contributed by atoms with E-state index in [9.17, 15) is 19.4 Å². The molecule has 8 nitrogen and oxygen atoms in total. The summed E-state index contributed by atoms with van der Waals surface area (Å²) in [6.07, 6.45) is 59.1. The number of aliphatic hydroxyl groups is 1. The molecule has 0 aliphatic rings. The summed E-state index contributed by atoms with van der Waals surface area (Å²) < 4.78 is 23.6. The minimum atomic E-state index is -4.35. The number of allylic oxidation sites excluding steroid dienone is 7. The van der Waals surface area contributed by atoms with Crippen LogP contribution in [-0.4, -0.2) is 73.4 Å². The third-order valence-corrected chi connectivity index (χ3v) is 12.8. The lowest BCUT2D eigenvalue weighted by Gasteiger charge is -2.25. The molecule has 0 aromatic carbocycles. The van der Waals surface area contributed by atoms with Crippen molar-refractivity contribution in [3.63, 3.8) is 0 Å². The predicted octanol–water partition coefficient (Wildman–Crippen LogP) is 15.6. The van der Waals surface area contributed by atoms with Crippen molar-refractivity contribution in [3.8, 4) is 0 Å². The smallest absolute Gasteiger partial charge is 0.387 e. The molecule has 0 rings (SSSR count). The van der Waals surface area contributed by atoms with Crippen molar-refractivity contribution >= 4 is 13.7 Å². The Hall–Kier alpha value is -1.54. The standard InChI is InChI=1S/C54H103N2O6P/c1-6-8-10-12-14-16-18-20-22-24-26-27-28-30-31-33-35-37-39-41-43-45-47-53(57)52(51-62-63(59,60)61-50-49-56(3,4)5)55-54(58)48-46-44-42-40-38-36-34-32-29-25-23-21-19-17-15-13-11-9-7-2/h15,17,19,21,37,39,45,47,52-53,57H,6-14,16,18,20,22-36,38,40-44,46,48-51H2,1-5H3,(H-,55,58,59,60)/p+1/b17-15-,21-19-,39-37+,47-45+. The highest BCUT2D eigenvalue weighted by atomic mass is 31.2. The number of rotatable bonds is 48. The highest BCUT2D eigenvalue weighted by Crippen LogP contribution is 2.43. The third-order valence-electron chi connectivity index (χ3n) is 11.8. The summed E-state index contributed by atoms with van der Waals surface area (Å²) in [5.74, 6) is -0.190. The molecule has 0 aromatic rings. The molecule has 0 heterocycles. The molecule has 0 saturated carbocycles. The maximum absolute atomic E-state index is 12.9. The van der Waals surface area contributed by atoms with E-state index >= 15 is 0 Å². The van der Waals surface area contributed by atoms with Crippen molar-refractivity contribution < 1.29 is 32.9 Å². The SMILES string of the molecule is CCCCC/C=C\C=C/CCCCCCCCCCCCC(=O)NC(COP(=O)(O)OCC[N+](C)(C)C)C(O)/C=C/CC/C=C/CCCCCCCCCCCCCCCCCC. The van der Waals surface area contributed by atoms with Gasteiger partial charge in [-0.05, 0) is 57.8 Å². The van der Waals surface area contributed by atoms with Crippen LogP contribution in [0.3, 0.4) is 0 Å². The Labute approximate surface area is 390 Å². The quantitative estimate of drug-likeness (QED) is 0.0185. The fourth-order valence-electron chi connectivity index (χ4n) is 7.58. The van der Waals surface area contributed by atoms with Gasteiger partial charge in [-0.15, -0.1) is 0 Å². The minimum absolute atomic E-state index is 0.0547. The summed E-state index contributed by atoms with van der Waals surface area (Å²) >= 11 is 0. The van der Waals surface area contributed by atoms with Crippen molar-refractivity contribution in [1.82, 2.24) is 5.32 Å². The number of unbranched alkanes of at least 4 members (excludes halogenated alkanes) is 30. The lowest BCUT2D eigenvalue weighted by Crippen LogP contribution is -2.45. The fourth-order valence-corrected chi connectivity index (χ4v) is 8.31.